The number of hydrogen-bond acceptors (Lipinski definition) is 4. The van der Waals surface area contributed by atoms with Gasteiger partial charge in [0.15, 0.2) is 0 Å². The summed E-state index contributed by atoms with van der Waals surface area (Å²) in [7, 11) is 0. The van der Waals surface area contributed by atoms with Crippen LogP contribution in [0.1, 0.15) is 96.4 Å². The molecule has 5 nitrogen and oxygen atoms in total. The van der Waals surface area contributed by atoms with E-state index in [2.05, 4.69) is 46.8 Å². The third-order valence-electron chi connectivity index (χ3n) is 7.86. The van der Waals surface area contributed by atoms with Crippen LogP contribution in [-0.2, 0) is 25.9 Å². The Morgan fingerprint density at radius 3 is 2.00 bits per heavy atom. The van der Waals surface area contributed by atoms with Gasteiger partial charge in [0, 0.05) is 12.8 Å². The summed E-state index contributed by atoms with van der Waals surface area (Å²) in [4.78, 5) is 14.8. The lowest BCUT2D eigenvalue weighted by atomic mass is 9.61. The Hall–Kier alpha value is -1.59. The number of ether oxygens (including phenoxy) is 2. The maximum Gasteiger partial charge on any atom is 0.410 e. The van der Waals surface area contributed by atoms with Crippen LogP contribution in [0.4, 0.5) is 4.79 Å². The Bertz CT molecular complexity index is 897. The van der Waals surface area contributed by atoms with Crippen molar-refractivity contribution in [1.29, 1.82) is 0 Å². The Kier molecular flexibility index (Phi) is 5.49. The molecular formula is C27H41NO4. The second kappa shape index (κ2) is 7.46. The van der Waals surface area contributed by atoms with Crippen LogP contribution in [0.5, 0.6) is 0 Å². The molecular weight excluding hydrogens is 402 g/mol. The molecule has 4 rings (SSSR count). The molecule has 2 saturated heterocycles. The van der Waals surface area contributed by atoms with E-state index in [1.54, 1.807) is 0 Å². The van der Waals surface area contributed by atoms with E-state index in [0.29, 0.717) is 26.1 Å². The van der Waals surface area contributed by atoms with Crippen LogP contribution in [0.2, 0.25) is 0 Å². The summed E-state index contributed by atoms with van der Waals surface area (Å²) in [6.45, 7) is 17.9. The number of aryl methyl sites for hydroxylation is 1. The first-order chi connectivity index (χ1) is 14.6. The number of rotatable bonds is 1. The van der Waals surface area contributed by atoms with E-state index in [-0.39, 0.29) is 29.0 Å². The van der Waals surface area contributed by atoms with Gasteiger partial charge in [-0.15, -0.1) is 0 Å². The van der Waals surface area contributed by atoms with Crippen LogP contribution >= 0.6 is 0 Å². The van der Waals surface area contributed by atoms with Gasteiger partial charge in [-0.2, -0.15) is 0 Å². The van der Waals surface area contributed by atoms with E-state index in [1.807, 2.05) is 25.7 Å². The molecule has 2 bridgehead atoms. The van der Waals surface area contributed by atoms with E-state index in [4.69, 9.17) is 9.47 Å². The number of benzene rings is 1. The first kappa shape index (κ1) is 23.6. The van der Waals surface area contributed by atoms with E-state index in [1.165, 1.54) is 17.5 Å². The van der Waals surface area contributed by atoms with Crippen LogP contribution in [-0.4, -0.2) is 47.0 Å². The van der Waals surface area contributed by atoms with Gasteiger partial charge in [0.2, 0.25) is 0 Å². The highest BCUT2D eigenvalue weighted by Gasteiger charge is 2.51. The molecule has 0 radical (unpaired) electrons. The van der Waals surface area contributed by atoms with Crippen molar-refractivity contribution in [2.24, 2.45) is 0 Å². The lowest BCUT2D eigenvalue weighted by Gasteiger charge is -2.52. The maximum atomic E-state index is 13.0. The largest absolute Gasteiger partial charge is 0.444 e. The smallest absolute Gasteiger partial charge is 0.410 e. The summed E-state index contributed by atoms with van der Waals surface area (Å²) in [6, 6.07) is 4.21. The number of hydrogen-bond donors (Lipinski definition) is 1. The van der Waals surface area contributed by atoms with Gasteiger partial charge in [-0.25, -0.2) is 4.79 Å². The van der Waals surface area contributed by atoms with Crippen molar-refractivity contribution in [1.82, 2.24) is 4.90 Å². The summed E-state index contributed by atoms with van der Waals surface area (Å²) >= 11 is 0. The predicted octanol–water partition coefficient (Wildman–Crippen LogP) is 5.33. The molecule has 0 saturated carbocycles. The normalized spacial score (nSPS) is 31.1. The summed E-state index contributed by atoms with van der Waals surface area (Å²) in [5.74, 6) is 0. The van der Waals surface area contributed by atoms with Crippen LogP contribution in [0.25, 0.3) is 0 Å². The Morgan fingerprint density at radius 2 is 1.50 bits per heavy atom. The second-order valence-electron chi connectivity index (χ2n) is 12.7. The van der Waals surface area contributed by atoms with E-state index in [9.17, 15) is 9.90 Å². The minimum atomic E-state index is -0.978. The third kappa shape index (κ3) is 4.07. The first-order valence-corrected chi connectivity index (χ1v) is 12.1. The van der Waals surface area contributed by atoms with Crippen LogP contribution in [0.15, 0.2) is 12.1 Å². The fourth-order valence-electron chi connectivity index (χ4n) is 6.03. The van der Waals surface area contributed by atoms with Crippen molar-refractivity contribution in [3.63, 3.8) is 0 Å². The second-order valence-corrected chi connectivity index (χ2v) is 12.7. The third-order valence-corrected chi connectivity index (χ3v) is 7.86. The van der Waals surface area contributed by atoms with Crippen LogP contribution in [0.3, 0.4) is 0 Å². The lowest BCUT2D eigenvalue weighted by Crippen LogP contribution is -2.63. The number of aliphatic hydroxyl groups is 1. The number of morpholine rings is 1. The van der Waals surface area contributed by atoms with Gasteiger partial charge in [-0.1, -0.05) is 39.8 Å². The van der Waals surface area contributed by atoms with Crippen molar-refractivity contribution >= 4 is 6.09 Å². The molecule has 2 unspecified atom stereocenters. The molecule has 32 heavy (non-hydrogen) atoms. The van der Waals surface area contributed by atoms with Gasteiger partial charge in [0.1, 0.15) is 5.60 Å². The quantitative estimate of drug-likeness (QED) is 0.637. The highest BCUT2D eigenvalue weighted by Crippen LogP contribution is 2.49. The molecule has 2 fully saturated rings. The molecule has 1 aliphatic carbocycles. The Balaban J connectivity index is 1.71. The average molecular weight is 444 g/mol. The molecule has 1 N–H and O–H groups in total. The number of carbonyl (C=O) groups is 1. The fourth-order valence-corrected chi connectivity index (χ4v) is 6.03. The van der Waals surface area contributed by atoms with Gasteiger partial charge in [0.25, 0.3) is 0 Å². The van der Waals surface area contributed by atoms with Crippen molar-refractivity contribution in [3.8, 4) is 0 Å². The summed E-state index contributed by atoms with van der Waals surface area (Å²) < 4.78 is 11.5. The highest BCUT2D eigenvalue weighted by atomic mass is 16.6. The Morgan fingerprint density at radius 1 is 1.00 bits per heavy atom. The zero-order valence-electron chi connectivity index (χ0n) is 21.2. The van der Waals surface area contributed by atoms with Crippen molar-refractivity contribution in [2.75, 3.05) is 13.2 Å². The molecule has 2 atom stereocenters. The summed E-state index contributed by atoms with van der Waals surface area (Å²) in [5.41, 5.74) is 3.62. The minimum absolute atomic E-state index is 0.0832. The van der Waals surface area contributed by atoms with E-state index >= 15 is 0 Å². The maximum absolute atomic E-state index is 13.0. The summed E-state index contributed by atoms with van der Waals surface area (Å²) in [5, 5.41) is 12.0. The molecule has 1 amide bonds. The van der Waals surface area contributed by atoms with Gasteiger partial charge in [-0.3, -0.25) is 4.90 Å². The SMILES string of the molecule is Cc1cc2c(cc1C1(O)CC3COCC(C1)N3C(=O)OC(C)(C)C)C(C)(C)CCC2(C)C. The average Bonchev–Trinajstić information content (AvgIpc) is 2.63. The molecule has 1 aromatic carbocycles. The van der Waals surface area contributed by atoms with Gasteiger partial charge in [-0.05, 0) is 73.6 Å². The molecule has 0 aromatic heterocycles. The van der Waals surface area contributed by atoms with Gasteiger partial charge >= 0.3 is 6.09 Å². The van der Waals surface area contributed by atoms with E-state index in [0.717, 1.165) is 17.5 Å². The monoisotopic (exact) mass is 443 g/mol. The van der Waals surface area contributed by atoms with Crippen LogP contribution < -0.4 is 0 Å². The van der Waals surface area contributed by atoms with Crippen molar-refractivity contribution in [3.05, 3.63) is 34.4 Å². The fraction of sp³-hybridized carbons (Fsp3) is 0.741. The zero-order chi connectivity index (χ0) is 23.7. The molecule has 5 heteroatoms. The number of fused-ring (bicyclic) bond motifs is 3. The first-order valence-electron chi connectivity index (χ1n) is 12.1. The predicted molar refractivity (Wildman–Crippen MR) is 126 cm³/mol. The lowest BCUT2D eigenvalue weighted by molar-refractivity contribution is -0.141. The highest BCUT2D eigenvalue weighted by molar-refractivity contribution is 5.69. The van der Waals surface area contributed by atoms with Crippen molar-refractivity contribution in [2.45, 2.75) is 115 Å². The van der Waals surface area contributed by atoms with Crippen molar-refractivity contribution < 1.29 is 19.4 Å². The number of amides is 1. The zero-order valence-corrected chi connectivity index (χ0v) is 21.2. The Labute approximate surface area is 193 Å². The molecule has 3 aliphatic rings. The molecule has 2 heterocycles. The topological polar surface area (TPSA) is 59.0 Å². The standard InChI is InChI=1S/C27H41NO4/c1-17-11-21-22(26(7,8)10-9-25(21,5)6)12-20(17)27(30)13-18-15-31-16-19(14-27)28(18)23(29)32-24(2,3)4/h11-12,18-19,30H,9-10,13-16H2,1-8H3. The summed E-state index contributed by atoms with van der Waals surface area (Å²) in [6.07, 6.45) is 2.93. The van der Waals surface area contributed by atoms with E-state index < -0.39 is 11.2 Å². The minimum Gasteiger partial charge on any atom is -0.444 e. The number of piperidine rings is 1. The van der Waals surface area contributed by atoms with Gasteiger partial charge < -0.3 is 14.6 Å². The molecule has 2 aliphatic heterocycles. The van der Waals surface area contributed by atoms with Crippen LogP contribution in [0, 0.1) is 6.92 Å². The molecule has 0 spiro atoms. The molecule has 1 aromatic rings. The number of carbonyl (C=O) groups excluding carboxylic acids is 1. The van der Waals surface area contributed by atoms with Gasteiger partial charge in [0.05, 0.1) is 30.9 Å². The number of nitrogens with zero attached hydrogens (tertiary/aromatic N) is 1. The molecule has 178 valence electrons.